The first-order chi connectivity index (χ1) is 11.5. The summed E-state index contributed by atoms with van der Waals surface area (Å²) in [5.74, 6) is 1.28. The Morgan fingerprint density at radius 2 is 2.17 bits per heavy atom. The van der Waals surface area contributed by atoms with E-state index in [2.05, 4.69) is 4.98 Å². The molecule has 0 spiro atoms. The van der Waals surface area contributed by atoms with Crippen LogP contribution >= 0.6 is 11.6 Å². The maximum atomic E-state index is 12.4. The first-order valence-corrected chi connectivity index (χ1v) is 8.53. The molecule has 0 bridgehead atoms. The highest BCUT2D eigenvalue weighted by Gasteiger charge is 2.27. The van der Waals surface area contributed by atoms with Gasteiger partial charge in [0.25, 0.3) is 0 Å². The quantitative estimate of drug-likeness (QED) is 0.847. The molecule has 1 aromatic carbocycles. The van der Waals surface area contributed by atoms with E-state index in [1.165, 1.54) is 0 Å². The number of carbonyl (C=O) groups excluding carboxylic acids is 1. The van der Waals surface area contributed by atoms with Crippen molar-refractivity contribution in [3.05, 3.63) is 41.4 Å². The molecule has 0 aliphatic carbocycles. The normalized spacial score (nSPS) is 21.0. The van der Waals surface area contributed by atoms with Gasteiger partial charge in [0.2, 0.25) is 5.91 Å². The summed E-state index contributed by atoms with van der Waals surface area (Å²) in [6.07, 6.45) is 2.58. The minimum atomic E-state index is 0.0821. The Morgan fingerprint density at radius 3 is 2.96 bits per heavy atom. The summed E-state index contributed by atoms with van der Waals surface area (Å²) < 4.78 is 11.3. The number of hydrogen-bond donors (Lipinski definition) is 0. The lowest BCUT2D eigenvalue weighted by Crippen LogP contribution is -2.50. The number of rotatable bonds is 4. The van der Waals surface area contributed by atoms with E-state index in [0.717, 1.165) is 5.56 Å². The molecule has 1 fully saturated rings. The number of morpholine rings is 1. The van der Waals surface area contributed by atoms with Crippen molar-refractivity contribution in [1.82, 2.24) is 9.88 Å². The molecule has 2 unspecified atom stereocenters. The number of benzene rings is 1. The van der Waals surface area contributed by atoms with E-state index in [0.29, 0.717) is 42.7 Å². The van der Waals surface area contributed by atoms with E-state index in [9.17, 15) is 4.79 Å². The highest BCUT2D eigenvalue weighted by molar-refractivity contribution is 6.33. The Morgan fingerprint density at radius 1 is 1.38 bits per heavy atom. The lowest BCUT2D eigenvalue weighted by Gasteiger charge is -2.36. The Labute approximate surface area is 146 Å². The molecule has 0 saturated carbocycles. The third kappa shape index (κ3) is 3.79. The standard InChI is InChI=1S/C18H21ClN2O3/c1-12-11-23-13(2)10-21(12)18(22)8-7-17-20-9-16(24-17)14-5-3-4-6-15(14)19/h3-6,9,12-13H,7-8,10-11H2,1-2H3. The van der Waals surface area contributed by atoms with Crippen molar-refractivity contribution < 1.29 is 13.9 Å². The molecule has 128 valence electrons. The average molecular weight is 349 g/mol. The second-order valence-corrected chi connectivity index (χ2v) is 6.54. The van der Waals surface area contributed by atoms with Crippen LogP contribution in [0.3, 0.4) is 0 Å². The number of aryl methyl sites for hydroxylation is 1. The molecule has 3 rings (SSSR count). The Bertz CT molecular complexity index is 716. The van der Waals surface area contributed by atoms with Crippen molar-refractivity contribution in [3.63, 3.8) is 0 Å². The number of carbonyl (C=O) groups is 1. The highest BCUT2D eigenvalue weighted by Crippen LogP contribution is 2.28. The van der Waals surface area contributed by atoms with Crippen LogP contribution in [0.5, 0.6) is 0 Å². The minimum Gasteiger partial charge on any atom is -0.441 e. The van der Waals surface area contributed by atoms with Crippen LogP contribution in [0, 0.1) is 0 Å². The molecular formula is C18H21ClN2O3. The largest absolute Gasteiger partial charge is 0.441 e. The predicted octanol–water partition coefficient (Wildman–Crippen LogP) is 3.56. The second kappa shape index (κ2) is 7.36. The predicted molar refractivity (Wildman–Crippen MR) is 91.9 cm³/mol. The van der Waals surface area contributed by atoms with Crippen LogP contribution in [0.25, 0.3) is 11.3 Å². The number of ether oxygens (including phenoxy) is 1. The Balaban J connectivity index is 1.61. The van der Waals surface area contributed by atoms with Gasteiger partial charge in [0, 0.05) is 24.9 Å². The second-order valence-electron chi connectivity index (χ2n) is 6.14. The zero-order valence-electron chi connectivity index (χ0n) is 13.9. The maximum absolute atomic E-state index is 12.4. The number of aromatic nitrogens is 1. The van der Waals surface area contributed by atoms with Gasteiger partial charge in [-0.2, -0.15) is 0 Å². The molecule has 5 nitrogen and oxygen atoms in total. The molecule has 1 aliphatic heterocycles. The average Bonchev–Trinajstić information content (AvgIpc) is 3.04. The number of nitrogens with zero attached hydrogens (tertiary/aromatic N) is 2. The van der Waals surface area contributed by atoms with Crippen molar-refractivity contribution in [3.8, 4) is 11.3 Å². The van der Waals surface area contributed by atoms with Gasteiger partial charge in [0.1, 0.15) is 0 Å². The van der Waals surface area contributed by atoms with Crippen molar-refractivity contribution in [2.24, 2.45) is 0 Å². The van der Waals surface area contributed by atoms with E-state index >= 15 is 0 Å². The van der Waals surface area contributed by atoms with Gasteiger partial charge in [-0.05, 0) is 26.0 Å². The van der Waals surface area contributed by atoms with Crippen LogP contribution < -0.4 is 0 Å². The first kappa shape index (κ1) is 17.0. The highest BCUT2D eigenvalue weighted by atomic mass is 35.5. The number of amides is 1. The van der Waals surface area contributed by atoms with Crippen LogP contribution in [0.15, 0.2) is 34.9 Å². The molecule has 1 aliphatic rings. The Kier molecular flexibility index (Phi) is 5.21. The van der Waals surface area contributed by atoms with Gasteiger partial charge >= 0.3 is 0 Å². The monoisotopic (exact) mass is 348 g/mol. The van der Waals surface area contributed by atoms with E-state index in [1.54, 1.807) is 6.20 Å². The summed E-state index contributed by atoms with van der Waals surface area (Å²) in [5.41, 5.74) is 0.805. The van der Waals surface area contributed by atoms with Crippen molar-refractivity contribution in [2.45, 2.75) is 38.8 Å². The molecule has 0 radical (unpaired) electrons. The van der Waals surface area contributed by atoms with Gasteiger partial charge in [0.05, 0.1) is 30.0 Å². The van der Waals surface area contributed by atoms with E-state index in [1.807, 2.05) is 43.0 Å². The fourth-order valence-electron chi connectivity index (χ4n) is 2.82. The van der Waals surface area contributed by atoms with Crippen LogP contribution in [0.4, 0.5) is 0 Å². The van der Waals surface area contributed by atoms with Gasteiger partial charge in [-0.1, -0.05) is 23.7 Å². The van der Waals surface area contributed by atoms with Gasteiger partial charge in [-0.15, -0.1) is 0 Å². The smallest absolute Gasteiger partial charge is 0.223 e. The van der Waals surface area contributed by atoms with Gasteiger partial charge in [-0.25, -0.2) is 4.98 Å². The third-order valence-corrected chi connectivity index (χ3v) is 4.50. The lowest BCUT2D eigenvalue weighted by molar-refractivity contribution is -0.143. The maximum Gasteiger partial charge on any atom is 0.223 e. The van der Waals surface area contributed by atoms with Gasteiger partial charge < -0.3 is 14.1 Å². The van der Waals surface area contributed by atoms with Crippen LogP contribution in [-0.4, -0.2) is 41.1 Å². The number of oxazole rings is 1. The molecule has 1 amide bonds. The molecule has 24 heavy (non-hydrogen) atoms. The van der Waals surface area contributed by atoms with Crippen molar-refractivity contribution in [1.29, 1.82) is 0 Å². The van der Waals surface area contributed by atoms with Crippen LogP contribution in [-0.2, 0) is 16.0 Å². The summed E-state index contributed by atoms with van der Waals surface area (Å²) in [6, 6.07) is 7.56. The van der Waals surface area contributed by atoms with E-state index in [-0.39, 0.29) is 18.1 Å². The summed E-state index contributed by atoms with van der Waals surface area (Å²) in [5, 5.41) is 0.618. The van der Waals surface area contributed by atoms with Crippen molar-refractivity contribution >= 4 is 17.5 Å². The lowest BCUT2D eigenvalue weighted by atomic mass is 10.1. The summed E-state index contributed by atoms with van der Waals surface area (Å²) in [6.45, 7) is 5.21. The molecule has 2 atom stereocenters. The molecular weight excluding hydrogens is 328 g/mol. The first-order valence-electron chi connectivity index (χ1n) is 8.15. The molecule has 6 heteroatoms. The van der Waals surface area contributed by atoms with E-state index < -0.39 is 0 Å². The molecule has 1 aromatic heterocycles. The van der Waals surface area contributed by atoms with Gasteiger partial charge in [0.15, 0.2) is 11.7 Å². The SMILES string of the molecule is CC1CN(C(=O)CCc2ncc(-c3ccccc3Cl)o2)C(C)CO1. The van der Waals surface area contributed by atoms with Crippen molar-refractivity contribution in [2.75, 3.05) is 13.2 Å². The van der Waals surface area contributed by atoms with Crippen LogP contribution in [0.1, 0.15) is 26.2 Å². The fourth-order valence-corrected chi connectivity index (χ4v) is 3.05. The molecule has 1 saturated heterocycles. The fraction of sp³-hybridized carbons (Fsp3) is 0.444. The van der Waals surface area contributed by atoms with E-state index in [4.69, 9.17) is 20.8 Å². The topological polar surface area (TPSA) is 55.6 Å². The summed E-state index contributed by atoms with van der Waals surface area (Å²) in [7, 11) is 0. The third-order valence-electron chi connectivity index (χ3n) is 4.17. The number of halogens is 1. The molecule has 0 N–H and O–H groups in total. The van der Waals surface area contributed by atoms with Crippen LogP contribution in [0.2, 0.25) is 5.02 Å². The minimum absolute atomic E-state index is 0.0821. The zero-order chi connectivity index (χ0) is 17.1. The zero-order valence-corrected chi connectivity index (χ0v) is 14.6. The van der Waals surface area contributed by atoms with Gasteiger partial charge in [-0.3, -0.25) is 4.79 Å². The summed E-state index contributed by atoms with van der Waals surface area (Å²) in [4.78, 5) is 18.6. The Hall–Kier alpha value is -1.85. The summed E-state index contributed by atoms with van der Waals surface area (Å²) >= 11 is 6.17. The molecule has 2 aromatic rings. The number of hydrogen-bond acceptors (Lipinski definition) is 4. The molecule has 2 heterocycles.